The van der Waals surface area contributed by atoms with E-state index in [2.05, 4.69) is 39.9 Å². The molecule has 0 aliphatic carbocycles. The zero-order chi connectivity index (χ0) is 14.5. The Labute approximate surface area is 117 Å². The summed E-state index contributed by atoms with van der Waals surface area (Å²) in [6, 6.07) is 0.252. The Hall–Kier alpha value is -0.770. The van der Waals surface area contributed by atoms with Crippen LogP contribution in [0.2, 0.25) is 0 Å². The summed E-state index contributed by atoms with van der Waals surface area (Å²) in [5.74, 6) is 0.582. The fraction of sp³-hybridized carbons (Fsp3) is 0.933. The van der Waals surface area contributed by atoms with Crippen molar-refractivity contribution in [1.29, 1.82) is 0 Å². The van der Waals surface area contributed by atoms with Crippen molar-refractivity contribution >= 4 is 6.09 Å². The van der Waals surface area contributed by atoms with Gasteiger partial charge in [0.1, 0.15) is 0 Å². The minimum Gasteiger partial charge on any atom is -0.449 e. The molecular formula is C15H30N2O2. The van der Waals surface area contributed by atoms with Crippen molar-refractivity contribution in [2.45, 2.75) is 65.5 Å². The minimum absolute atomic E-state index is 0.0305. The Bertz CT molecular complexity index is 290. The van der Waals surface area contributed by atoms with Gasteiger partial charge in [-0.25, -0.2) is 4.79 Å². The summed E-state index contributed by atoms with van der Waals surface area (Å²) in [4.78, 5) is 14.2. The highest BCUT2D eigenvalue weighted by atomic mass is 16.6. The third-order valence-electron chi connectivity index (χ3n) is 3.52. The van der Waals surface area contributed by atoms with Crippen LogP contribution in [0.5, 0.6) is 0 Å². The summed E-state index contributed by atoms with van der Waals surface area (Å²) in [5.41, 5.74) is -0.0305. The second kappa shape index (κ2) is 7.13. The van der Waals surface area contributed by atoms with E-state index in [0.29, 0.717) is 12.5 Å². The molecule has 1 aliphatic heterocycles. The van der Waals surface area contributed by atoms with Gasteiger partial charge in [0.25, 0.3) is 0 Å². The second-order valence-electron chi connectivity index (χ2n) is 6.64. The molecule has 4 heteroatoms. The summed E-state index contributed by atoms with van der Waals surface area (Å²) in [5, 5.41) is 3.52. The number of carbonyl (C=O) groups is 1. The molecule has 0 aromatic heterocycles. The molecule has 0 spiro atoms. The first-order valence-corrected chi connectivity index (χ1v) is 7.54. The van der Waals surface area contributed by atoms with Crippen molar-refractivity contribution in [2.24, 2.45) is 5.92 Å². The van der Waals surface area contributed by atoms with Gasteiger partial charge < -0.3 is 15.0 Å². The maximum atomic E-state index is 12.2. The van der Waals surface area contributed by atoms with E-state index in [4.69, 9.17) is 4.74 Å². The minimum atomic E-state index is -0.145. The van der Waals surface area contributed by atoms with E-state index in [-0.39, 0.29) is 17.7 Å². The van der Waals surface area contributed by atoms with Crippen molar-refractivity contribution in [2.75, 3.05) is 19.7 Å². The van der Waals surface area contributed by atoms with Crippen LogP contribution in [0.3, 0.4) is 0 Å². The number of ether oxygens (including phenoxy) is 1. The predicted octanol–water partition coefficient (Wildman–Crippen LogP) is 3.02. The number of rotatable bonds is 5. The smallest absolute Gasteiger partial charge is 0.410 e. The van der Waals surface area contributed by atoms with Crippen LogP contribution in [0.15, 0.2) is 0 Å². The largest absolute Gasteiger partial charge is 0.449 e. The average Bonchev–Trinajstić information content (AvgIpc) is 2.31. The SMILES string of the molecule is CCCCOC(=O)N1CC(C)(C)NCC1CC(C)C. The van der Waals surface area contributed by atoms with Crippen LogP contribution >= 0.6 is 0 Å². The molecule has 1 fully saturated rings. The van der Waals surface area contributed by atoms with E-state index in [1.54, 1.807) is 0 Å². The number of hydrogen-bond acceptors (Lipinski definition) is 3. The lowest BCUT2D eigenvalue weighted by Gasteiger charge is -2.44. The first kappa shape index (κ1) is 16.3. The third kappa shape index (κ3) is 5.39. The Balaban J connectivity index is 2.62. The Kier molecular flexibility index (Phi) is 6.11. The Morgan fingerprint density at radius 1 is 1.47 bits per heavy atom. The predicted molar refractivity (Wildman–Crippen MR) is 78.3 cm³/mol. The van der Waals surface area contributed by atoms with Crippen molar-refractivity contribution < 1.29 is 9.53 Å². The molecule has 0 bridgehead atoms. The van der Waals surface area contributed by atoms with Crippen LogP contribution in [-0.2, 0) is 4.74 Å². The highest BCUT2D eigenvalue weighted by Gasteiger charge is 2.36. The lowest BCUT2D eigenvalue weighted by molar-refractivity contribution is 0.0480. The first-order valence-electron chi connectivity index (χ1n) is 7.54. The van der Waals surface area contributed by atoms with Gasteiger partial charge in [-0.1, -0.05) is 27.2 Å². The van der Waals surface area contributed by atoms with Gasteiger partial charge in [0.2, 0.25) is 0 Å². The average molecular weight is 270 g/mol. The number of piperazine rings is 1. The molecule has 1 unspecified atom stereocenters. The van der Waals surface area contributed by atoms with E-state index >= 15 is 0 Å². The quantitative estimate of drug-likeness (QED) is 0.781. The molecule has 1 N–H and O–H groups in total. The number of nitrogens with one attached hydrogen (secondary N) is 1. The van der Waals surface area contributed by atoms with Gasteiger partial charge in [-0.05, 0) is 32.6 Å². The van der Waals surface area contributed by atoms with Crippen molar-refractivity contribution in [3.05, 3.63) is 0 Å². The molecule has 1 aliphatic rings. The summed E-state index contributed by atoms with van der Waals surface area (Å²) >= 11 is 0. The highest BCUT2D eigenvalue weighted by molar-refractivity contribution is 5.68. The summed E-state index contributed by atoms with van der Waals surface area (Å²) in [7, 11) is 0. The fourth-order valence-electron chi connectivity index (χ4n) is 2.47. The monoisotopic (exact) mass is 270 g/mol. The van der Waals surface area contributed by atoms with Gasteiger partial charge in [0.15, 0.2) is 0 Å². The second-order valence-corrected chi connectivity index (χ2v) is 6.64. The van der Waals surface area contributed by atoms with Gasteiger partial charge in [-0.3, -0.25) is 0 Å². The Morgan fingerprint density at radius 2 is 2.16 bits per heavy atom. The lowest BCUT2D eigenvalue weighted by atomic mass is 9.94. The number of nitrogens with zero attached hydrogens (tertiary/aromatic N) is 1. The van der Waals surface area contributed by atoms with Gasteiger partial charge in [0.05, 0.1) is 6.61 Å². The zero-order valence-corrected chi connectivity index (χ0v) is 13.2. The molecule has 19 heavy (non-hydrogen) atoms. The van der Waals surface area contributed by atoms with Crippen LogP contribution in [0, 0.1) is 5.92 Å². The van der Waals surface area contributed by atoms with Crippen LogP contribution in [0.25, 0.3) is 0 Å². The molecule has 0 saturated carbocycles. The van der Waals surface area contributed by atoms with Gasteiger partial charge in [-0.15, -0.1) is 0 Å². The standard InChI is InChI=1S/C15H30N2O2/c1-6-7-8-19-14(18)17-11-15(4,5)16-10-13(17)9-12(2)3/h12-13,16H,6-11H2,1-5H3. The fourth-order valence-corrected chi connectivity index (χ4v) is 2.47. The molecule has 0 aromatic rings. The van der Waals surface area contributed by atoms with Gasteiger partial charge in [0, 0.05) is 24.7 Å². The molecule has 4 nitrogen and oxygen atoms in total. The number of unbranched alkanes of at least 4 members (excludes halogenated alkanes) is 1. The van der Waals surface area contributed by atoms with E-state index in [1.165, 1.54) is 0 Å². The number of hydrogen-bond donors (Lipinski definition) is 1. The van der Waals surface area contributed by atoms with Crippen molar-refractivity contribution in [3.63, 3.8) is 0 Å². The summed E-state index contributed by atoms with van der Waals surface area (Å²) < 4.78 is 5.39. The molecule has 1 rings (SSSR count). The normalized spacial score (nSPS) is 22.6. The molecular weight excluding hydrogens is 240 g/mol. The summed E-state index contributed by atoms with van der Waals surface area (Å²) in [6.07, 6.45) is 2.87. The number of carbonyl (C=O) groups excluding carboxylic acids is 1. The van der Waals surface area contributed by atoms with Crippen molar-refractivity contribution in [3.8, 4) is 0 Å². The maximum absolute atomic E-state index is 12.2. The molecule has 1 heterocycles. The van der Waals surface area contributed by atoms with Crippen LogP contribution in [0.1, 0.15) is 53.9 Å². The molecule has 1 saturated heterocycles. The van der Waals surface area contributed by atoms with E-state index in [9.17, 15) is 4.79 Å². The van der Waals surface area contributed by atoms with Gasteiger partial charge >= 0.3 is 6.09 Å². The molecule has 1 atom stereocenters. The third-order valence-corrected chi connectivity index (χ3v) is 3.52. The van der Waals surface area contributed by atoms with E-state index in [1.807, 2.05) is 4.90 Å². The van der Waals surface area contributed by atoms with Crippen LogP contribution in [0.4, 0.5) is 4.79 Å². The van der Waals surface area contributed by atoms with Gasteiger partial charge in [-0.2, -0.15) is 0 Å². The van der Waals surface area contributed by atoms with Crippen molar-refractivity contribution in [1.82, 2.24) is 10.2 Å². The number of amides is 1. The van der Waals surface area contributed by atoms with Crippen LogP contribution < -0.4 is 5.32 Å². The topological polar surface area (TPSA) is 41.6 Å². The highest BCUT2D eigenvalue weighted by Crippen LogP contribution is 2.21. The lowest BCUT2D eigenvalue weighted by Crippen LogP contribution is -2.63. The zero-order valence-electron chi connectivity index (χ0n) is 13.2. The molecule has 0 radical (unpaired) electrons. The molecule has 1 amide bonds. The summed E-state index contributed by atoms with van der Waals surface area (Å²) in [6.45, 7) is 12.9. The van der Waals surface area contributed by atoms with Crippen LogP contribution in [-0.4, -0.2) is 42.3 Å². The molecule has 112 valence electrons. The molecule has 0 aromatic carbocycles. The maximum Gasteiger partial charge on any atom is 0.410 e. The van der Waals surface area contributed by atoms with E-state index in [0.717, 1.165) is 32.4 Å². The van der Waals surface area contributed by atoms with E-state index < -0.39 is 0 Å². The first-order chi connectivity index (χ1) is 8.85. The Morgan fingerprint density at radius 3 is 2.74 bits per heavy atom.